The molecule has 0 aliphatic heterocycles. The molecule has 0 heterocycles. The molecule has 3 rings (SSSR count). The Hall–Kier alpha value is -1.61. The van der Waals surface area contributed by atoms with Crippen LogP contribution in [0.4, 0.5) is 0 Å². The molecule has 0 fully saturated rings. The molecule has 0 bridgehead atoms. The number of benzene rings is 3. The lowest BCUT2D eigenvalue weighted by molar-refractivity contribution is 0.302. The van der Waals surface area contributed by atoms with Crippen LogP contribution in [-0.4, -0.2) is 15.0 Å². The van der Waals surface area contributed by atoms with E-state index < -0.39 is 10.0 Å². The summed E-state index contributed by atoms with van der Waals surface area (Å²) < 4.78 is 29.6. The van der Waals surface area contributed by atoms with E-state index in [1.807, 2.05) is 42.5 Å². The van der Waals surface area contributed by atoms with Crippen LogP contribution in [0.1, 0.15) is 16.7 Å². The number of halogens is 3. The molecule has 9 heteroatoms. The van der Waals surface area contributed by atoms with Crippen LogP contribution in [0.25, 0.3) is 0 Å². The molecule has 3 N–H and O–H groups in total. The lowest BCUT2D eigenvalue weighted by atomic mass is 10.1. The number of ether oxygens (including phenoxy) is 1. The topological polar surface area (TPSA) is 81.4 Å². The molecule has 0 aliphatic carbocycles. The second kappa shape index (κ2) is 11.9. The molecule has 3 aromatic rings. The summed E-state index contributed by atoms with van der Waals surface area (Å²) in [5.41, 5.74) is 2.99. The summed E-state index contributed by atoms with van der Waals surface area (Å²) >= 11 is 9.72. The lowest BCUT2D eigenvalue weighted by Gasteiger charge is -2.14. The quantitative estimate of drug-likeness (QED) is 0.367. The van der Waals surface area contributed by atoms with E-state index in [1.54, 1.807) is 12.1 Å². The molecule has 3 aromatic carbocycles. The van der Waals surface area contributed by atoms with Gasteiger partial charge < -0.3 is 10.1 Å². The van der Waals surface area contributed by atoms with Crippen molar-refractivity contribution < 1.29 is 13.2 Å². The maximum absolute atomic E-state index is 11.3. The average Bonchev–Trinajstić information content (AvgIpc) is 2.71. The minimum absolute atomic E-state index is 0. The Morgan fingerprint density at radius 3 is 2.39 bits per heavy atom. The van der Waals surface area contributed by atoms with E-state index in [0.717, 1.165) is 39.9 Å². The van der Waals surface area contributed by atoms with E-state index in [4.69, 9.17) is 21.5 Å². The predicted molar refractivity (Wildman–Crippen MR) is 130 cm³/mol. The number of primary sulfonamides is 1. The maximum Gasteiger partial charge on any atom is 0.238 e. The van der Waals surface area contributed by atoms with Crippen LogP contribution in [0.15, 0.2) is 76.1 Å². The van der Waals surface area contributed by atoms with Crippen molar-refractivity contribution in [1.29, 1.82) is 0 Å². The van der Waals surface area contributed by atoms with Crippen molar-refractivity contribution in [1.82, 2.24) is 5.32 Å². The van der Waals surface area contributed by atoms with Gasteiger partial charge in [0.1, 0.15) is 12.4 Å². The van der Waals surface area contributed by atoms with E-state index in [2.05, 4.69) is 21.2 Å². The third-order valence-electron chi connectivity index (χ3n) is 4.52. The van der Waals surface area contributed by atoms with E-state index >= 15 is 0 Å². The van der Waals surface area contributed by atoms with E-state index in [9.17, 15) is 8.42 Å². The van der Waals surface area contributed by atoms with Gasteiger partial charge in [-0.3, -0.25) is 0 Å². The zero-order valence-corrected chi connectivity index (χ0v) is 20.5. The summed E-state index contributed by atoms with van der Waals surface area (Å²) in [6.07, 6.45) is 0.759. The fourth-order valence-electron chi connectivity index (χ4n) is 2.90. The summed E-state index contributed by atoms with van der Waals surface area (Å²) in [5.74, 6) is 0.795. The molecule has 0 spiro atoms. The smallest absolute Gasteiger partial charge is 0.238 e. The van der Waals surface area contributed by atoms with Gasteiger partial charge in [-0.25, -0.2) is 13.6 Å². The molecule has 0 aromatic heterocycles. The first-order chi connectivity index (χ1) is 14.3. The van der Waals surface area contributed by atoms with Gasteiger partial charge in [0.2, 0.25) is 10.0 Å². The number of nitrogens with two attached hydrogens (primary N) is 1. The van der Waals surface area contributed by atoms with Crippen molar-refractivity contribution in [2.75, 3.05) is 6.54 Å². The minimum atomic E-state index is -3.66. The monoisotopic (exact) mass is 544 g/mol. The van der Waals surface area contributed by atoms with Crippen LogP contribution >= 0.6 is 39.9 Å². The minimum Gasteiger partial charge on any atom is -0.489 e. The number of hydrogen-bond acceptors (Lipinski definition) is 4. The van der Waals surface area contributed by atoms with Gasteiger partial charge in [-0.05, 0) is 54.9 Å². The molecule has 166 valence electrons. The van der Waals surface area contributed by atoms with Crippen molar-refractivity contribution >= 4 is 50.0 Å². The van der Waals surface area contributed by atoms with Gasteiger partial charge in [-0.15, -0.1) is 12.4 Å². The van der Waals surface area contributed by atoms with Crippen molar-refractivity contribution in [3.05, 3.63) is 92.9 Å². The first kappa shape index (κ1) is 25.6. The SMILES string of the molecule is Cl.NS(=O)(=O)c1ccc(CCNCc2cc(Br)ccc2OCc2ccccc2Cl)cc1. The molecule has 0 saturated heterocycles. The van der Waals surface area contributed by atoms with Gasteiger partial charge in [0, 0.05) is 27.2 Å². The summed E-state index contributed by atoms with van der Waals surface area (Å²) in [4.78, 5) is 0.119. The van der Waals surface area contributed by atoms with Crippen molar-refractivity contribution in [3.63, 3.8) is 0 Å². The molecule has 5 nitrogen and oxygen atoms in total. The Morgan fingerprint density at radius 2 is 1.71 bits per heavy atom. The lowest BCUT2D eigenvalue weighted by Crippen LogP contribution is -2.17. The van der Waals surface area contributed by atoms with Crippen LogP contribution in [-0.2, 0) is 29.6 Å². The van der Waals surface area contributed by atoms with Gasteiger partial charge >= 0.3 is 0 Å². The second-order valence-corrected chi connectivity index (χ2v) is 9.63. The summed E-state index contributed by atoms with van der Waals surface area (Å²) in [6.45, 7) is 1.75. The van der Waals surface area contributed by atoms with Crippen LogP contribution in [0.5, 0.6) is 5.75 Å². The van der Waals surface area contributed by atoms with Gasteiger partial charge in [0.05, 0.1) is 4.90 Å². The predicted octanol–water partition coefficient (Wildman–Crippen LogP) is 5.08. The average molecular weight is 546 g/mol. The Balaban J connectivity index is 0.00000341. The van der Waals surface area contributed by atoms with Gasteiger partial charge in [0.15, 0.2) is 0 Å². The number of hydrogen-bond donors (Lipinski definition) is 2. The highest BCUT2D eigenvalue weighted by Crippen LogP contribution is 2.25. The number of sulfonamides is 1. The van der Waals surface area contributed by atoms with E-state index in [-0.39, 0.29) is 17.3 Å². The Labute approximate surface area is 202 Å². The molecule has 0 aliphatic rings. The van der Waals surface area contributed by atoms with Crippen molar-refractivity contribution in [2.24, 2.45) is 5.14 Å². The fraction of sp³-hybridized carbons (Fsp3) is 0.182. The normalized spacial score (nSPS) is 11.1. The fourth-order valence-corrected chi connectivity index (χ4v) is 4.01. The summed E-state index contributed by atoms with van der Waals surface area (Å²) in [5, 5.41) is 9.21. The van der Waals surface area contributed by atoms with Crippen LogP contribution in [0, 0.1) is 0 Å². The third kappa shape index (κ3) is 7.79. The highest BCUT2D eigenvalue weighted by atomic mass is 79.9. The maximum atomic E-state index is 11.3. The van der Waals surface area contributed by atoms with Crippen LogP contribution in [0.3, 0.4) is 0 Å². The van der Waals surface area contributed by atoms with E-state index in [0.29, 0.717) is 18.2 Å². The molecule has 0 radical (unpaired) electrons. The Morgan fingerprint density at radius 1 is 1.00 bits per heavy atom. The second-order valence-electron chi connectivity index (χ2n) is 6.75. The highest BCUT2D eigenvalue weighted by Gasteiger charge is 2.08. The first-order valence-corrected chi connectivity index (χ1v) is 12.0. The van der Waals surface area contributed by atoms with Crippen LogP contribution < -0.4 is 15.2 Å². The number of rotatable bonds is 9. The summed E-state index contributed by atoms with van der Waals surface area (Å²) in [6, 6.07) is 20.1. The standard InChI is InChI=1S/C22H22BrClN2O3S.ClH/c23-19-7-10-22(29-15-17-3-1-2-4-21(17)24)18(13-19)14-26-12-11-16-5-8-20(9-6-16)30(25,27)28;/h1-10,13,26H,11-12,14-15H2,(H2,25,27,28);1H. The highest BCUT2D eigenvalue weighted by molar-refractivity contribution is 9.10. The molecule has 31 heavy (non-hydrogen) atoms. The van der Waals surface area contributed by atoms with Gasteiger partial charge in [-0.1, -0.05) is 57.9 Å². The van der Waals surface area contributed by atoms with Crippen molar-refractivity contribution in [3.8, 4) is 5.75 Å². The van der Waals surface area contributed by atoms with Crippen LogP contribution in [0.2, 0.25) is 5.02 Å². The van der Waals surface area contributed by atoms with Crippen molar-refractivity contribution in [2.45, 2.75) is 24.5 Å². The first-order valence-electron chi connectivity index (χ1n) is 9.30. The molecule has 0 amide bonds. The molecular weight excluding hydrogens is 523 g/mol. The molecular formula is C22H23BrCl2N2O3S. The number of nitrogens with one attached hydrogen (secondary N) is 1. The molecule has 0 atom stereocenters. The summed E-state index contributed by atoms with van der Waals surface area (Å²) in [7, 11) is -3.66. The third-order valence-corrected chi connectivity index (χ3v) is 6.31. The van der Waals surface area contributed by atoms with E-state index in [1.165, 1.54) is 12.1 Å². The largest absolute Gasteiger partial charge is 0.489 e. The molecule has 0 unspecified atom stereocenters. The zero-order chi connectivity index (χ0) is 21.6. The van der Waals surface area contributed by atoms with Gasteiger partial charge in [-0.2, -0.15) is 0 Å². The Kier molecular flexibility index (Phi) is 9.81. The molecule has 0 saturated carbocycles. The Bertz CT molecular complexity index is 1110. The van der Waals surface area contributed by atoms with Gasteiger partial charge in [0.25, 0.3) is 0 Å². The zero-order valence-electron chi connectivity index (χ0n) is 16.6.